The standard InChI is InChI=1S/C18H20N4O3S/c23-18(15-6-5-13(24-15)12-22-7-1-2-8-22)19-11-17-20-16(21-25-17)10-14-4-3-9-26-14/h3-6,9H,1-2,7-8,10-12H2,(H,19,23). The molecular weight excluding hydrogens is 352 g/mol. The van der Waals surface area contributed by atoms with Crippen molar-refractivity contribution in [3.63, 3.8) is 0 Å². The summed E-state index contributed by atoms with van der Waals surface area (Å²) in [6.07, 6.45) is 3.09. The fourth-order valence-corrected chi connectivity index (χ4v) is 3.69. The minimum Gasteiger partial charge on any atom is -0.455 e. The molecule has 0 bridgehead atoms. The third-order valence-electron chi connectivity index (χ3n) is 4.29. The van der Waals surface area contributed by atoms with Crippen molar-refractivity contribution in [2.24, 2.45) is 0 Å². The van der Waals surface area contributed by atoms with E-state index in [0.29, 0.717) is 23.9 Å². The zero-order valence-corrected chi connectivity index (χ0v) is 15.1. The summed E-state index contributed by atoms with van der Waals surface area (Å²) < 4.78 is 10.8. The van der Waals surface area contributed by atoms with E-state index in [1.165, 1.54) is 17.7 Å². The summed E-state index contributed by atoms with van der Waals surface area (Å²) in [7, 11) is 0. The van der Waals surface area contributed by atoms with E-state index in [1.54, 1.807) is 17.4 Å². The van der Waals surface area contributed by atoms with Gasteiger partial charge in [-0.1, -0.05) is 11.2 Å². The van der Waals surface area contributed by atoms with Crippen molar-refractivity contribution in [3.05, 3.63) is 57.8 Å². The van der Waals surface area contributed by atoms with Gasteiger partial charge in [0.25, 0.3) is 5.91 Å². The van der Waals surface area contributed by atoms with Crippen molar-refractivity contribution in [1.82, 2.24) is 20.4 Å². The van der Waals surface area contributed by atoms with Crippen LogP contribution < -0.4 is 5.32 Å². The molecule has 8 heteroatoms. The van der Waals surface area contributed by atoms with Gasteiger partial charge in [0.05, 0.1) is 13.1 Å². The maximum atomic E-state index is 12.2. The average molecular weight is 372 g/mol. The molecule has 0 aromatic carbocycles. The number of carbonyl (C=O) groups excluding carboxylic acids is 1. The number of nitrogens with one attached hydrogen (secondary N) is 1. The Morgan fingerprint density at radius 3 is 2.96 bits per heavy atom. The molecule has 0 saturated carbocycles. The van der Waals surface area contributed by atoms with Gasteiger partial charge in [0.2, 0.25) is 5.89 Å². The third kappa shape index (κ3) is 4.20. The van der Waals surface area contributed by atoms with Crippen LogP contribution in [0.4, 0.5) is 0 Å². The summed E-state index contributed by atoms with van der Waals surface area (Å²) in [5, 5.41) is 8.71. The number of thiophene rings is 1. The van der Waals surface area contributed by atoms with Crippen LogP contribution in [-0.4, -0.2) is 34.0 Å². The van der Waals surface area contributed by atoms with Crippen molar-refractivity contribution in [1.29, 1.82) is 0 Å². The number of rotatable bonds is 7. The van der Waals surface area contributed by atoms with Gasteiger partial charge >= 0.3 is 0 Å². The number of hydrogen-bond acceptors (Lipinski definition) is 7. The number of furan rings is 1. The highest BCUT2D eigenvalue weighted by Crippen LogP contribution is 2.15. The van der Waals surface area contributed by atoms with Crippen LogP contribution in [-0.2, 0) is 19.5 Å². The van der Waals surface area contributed by atoms with Crippen molar-refractivity contribution in [2.45, 2.75) is 32.4 Å². The SMILES string of the molecule is O=C(NCc1nc(Cc2cccs2)no1)c1ccc(CN2CCCC2)o1. The van der Waals surface area contributed by atoms with E-state index < -0.39 is 0 Å². The van der Waals surface area contributed by atoms with E-state index in [4.69, 9.17) is 8.94 Å². The number of nitrogens with zero attached hydrogens (tertiary/aromatic N) is 3. The van der Waals surface area contributed by atoms with Crippen LogP contribution in [0.1, 0.15) is 45.7 Å². The maximum Gasteiger partial charge on any atom is 0.287 e. The number of aromatic nitrogens is 2. The van der Waals surface area contributed by atoms with Crippen LogP contribution >= 0.6 is 11.3 Å². The summed E-state index contributed by atoms with van der Waals surface area (Å²) in [5.74, 6) is 1.83. The average Bonchev–Trinajstić information content (AvgIpc) is 3.42. The molecule has 0 radical (unpaired) electrons. The Labute approximate surface area is 155 Å². The van der Waals surface area contributed by atoms with Crippen molar-refractivity contribution in [2.75, 3.05) is 13.1 Å². The topological polar surface area (TPSA) is 84.4 Å². The molecule has 0 atom stereocenters. The first-order chi connectivity index (χ1) is 12.8. The Morgan fingerprint density at radius 1 is 1.27 bits per heavy atom. The highest BCUT2D eigenvalue weighted by atomic mass is 32.1. The Bertz CT molecular complexity index is 850. The van der Waals surface area contributed by atoms with Gasteiger partial charge in [-0.25, -0.2) is 0 Å². The summed E-state index contributed by atoms with van der Waals surface area (Å²) in [5.41, 5.74) is 0. The lowest BCUT2D eigenvalue weighted by Gasteiger charge is -2.11. The molecule has 3 aromatic heterocycles. The Morgan fingerprint density at radius 2 is 2.15 bits per heavy atom. The summed E-state index contributed by atoms with van der Waals surface area (Å²) in [4.78, 5) is 20.0. The van der Waals surface area contributed by atoms with Crippen molar-refractivity contribution < 1.29 is 13.7 Å². The lowest BCUT2D eigenvalue weighted by atomic mass is 10.3. The van der Waals surface area contributed by atoms with Crippen LogP contribution in [0.15, 0.2) is 38.6 Å². The quantitative estimate of drug-likeness (QED) is 0.686. The molecule has 1 fully saturated rings. The van der Waals surface area contributed by atoms with Gasteiger partial charge in [0.1, 0.15) is 5.76 Å². The van der Waals surface area contributed by atoms with Crippen LogP contribution in [0.3, 0.4) is 0 Å². The smallest absolute Gasteiger partial charge is 0.287 e. The minimum absolute atomic E-state index is 0.179. The normalized spacial score (nSPS) is 14.8. The fourth-order valence-electron chi connectivity index (χ4n) is 2.99. The van der Waals surface area contributed by atoms with E-state index >= 15 is 0 Å². The molecule has 1 aliphatic heterocycles. The number of amides is 1. The van der Waals surface area contributed by atoms with Gasteiger partial charge in [-0.3, -0.25) is 9.69 Å². The molecule has 0 aliphatic carbocycles. The molecule has 26 heavy (non-hydrogen) atoms. The van der Waals surface area contributed by atoms with Gasteiger partial charge in [-0.2, -0.15) is 4.98 Å². The molecule has 4 heterocycles. The van der Waals surface area contributed by atoms with Crippen LogP contribution in [0.2, 0.25) is 0 Å². The lowest BCUT2D eigenvalue weighted by molar-refractivity contribution is 0.0915. The zero-order chi connectivity index (χ0) is 17.8. The molecule has 136 valence electrons. The Kier molecular flexibility index (Phi) is 5.12. The number of likely N-dealkylation sites (tertiary alicyclic amines) is 1. The summed E-state index contributed by atoms with van der Waals surface area (Å²) >= 11 is 1.65. The molecule has 1 saturated heterocycles. The second-order valence-corrected chi connectivity index (χ2v) is 7.32. The monoisotopic (exact) mass is 372 g/mol. The van der Waals surface area contributed by atoms with Crippen LogP contribution in [0.25, 0.3) is 0 Å². The second kappa shape index (κ2) is 7.84. The Balaban J connectivity index is 1.28. The molecule has 1 N–H and O–H groups in total. The molecule has 4 rings (SSSR count). The fraction of sp³-hybridized carbons (Fsp3) is 0.389. The second-order valence-electron chi connectivity index (χ2n) is 6.29. The van der Waals surface area contributed by atoms with Gasteiger partial charge in [-0.05, 0) is 49.5 Å². The zero-order valence-electron chi connectivity index (χ0n) is 14.3. The Hall–Kier alpha value is -2.45. The summed E-state index contributed by atoms with van der Waals surface area (Å²) in [6, 6.07) is 7.58. The third-order valence-corrected chi connectivity index (χ3v) is 5.16. The predicted molar refractivity (Wildman–Crippen MR) is 95.8 cm³/mol. The van der Waals surface area contributed by atoms with Crippen molar-refractivity contribution in [3.8, 4) is 0 Å². The largest absolute Gasteiger partial charge is 0.455 e. The summed E-state index contributed by atoms with van der Waals surface area (Å²) in [6.45, 7) is 3.11. The molecule has 0 spiro atoms. The van der Waals surface area contributed by atoms with E-state index in [0.717, 1.165) is 25.4 Å². The lowest BCUT2D eigenvalue weighted by Crippen LogP contribution is -2.22. The molecule has 3 aromatic rings. The first-order valence-electron chi connectivity index (χ1n) is 8.69. The minimum atomic E-state index is -0.282. The predicted octanol–water partition coefficient (Wildman–Crippen LogP) is 2.84. The van der Waals surface area contributed by atoms with Crippen LogP contribution in [0.5, 0.6) is 0 Å². The first-order valence-corrected chi connectivity index (χ1v) is 9.57. The van der Waals surface area contributed by atoms with Gasteiger partial charge < -0.3 is 14.3 Å². The van der Waals surface area contributed by atoms with Crippen LogP contribution in [0, 0.1) is 0 Å². The number of hydrogen-bond donors (Lipinski definition) is 1. The molecular formula is C18H20N4O3S. The molecule has 7 nitrogen and oxygen atoms in total. The molecule has 0 unspecified atom stereocenters. The number of carbonyl (C=O) groups is 1. The maximum absolute atomic E-state index is 12.2. The van der Waals surface area contributed by atoms with Gasteiger partial charge in [-0.15, -0.1) is 11.3 Å². The van der Waals surface area contributed by atoms with E-state index in [-0.39, 0.29) is 12.5 Å². The van der Waals surface area contributed by atoms with E-state index in [1.807, 2.05) is 23.6 Å². The highest BCUT2D eigenvalue weighted by Gasteiger charge is 2.17. The molecule has 1 amide bonds. The van der Waals surface area contributed by atoms with E-state index in [9.17, 15) is 4.79 Å². The first kappa shape index (κ1) is 17.0. The van der Waals surface area contributed by atoms with Crippen molar-refractivity contribution >= 4 is 17.2 Å². The molecule has 1 aliphatic rings. The highest BCUT2D eigenvalue weighted by molar-refractivity contribution is 7.09. The van der Waals surface area contributed by atoms with Gasteiger partial charge in [0, 0.05) is 11.3 Å². The van der Waals surface area contributed by atoms with E-state index in [2.05, 4.69) is 20.4 Å². The van der Waals surface area contributed by atoms with Gasteiger partial charge in [0.15, 0.2) is 11.6 Å².